The van der Waals surface area contributed by atoms with Gasteiger partial charge in [-0.05, 0) is 44.9 Å². The SMILES string of the molecule is CC(C)n1cc(C(F)(F)F)nc1-c1ccc(CN2C(=O)C(C)(C)Oc3cnc(Cl)nc32)cc1. The zero-order chi connectivity index (χ0) is 24.1. The van der Waals surface area contributed by atoms with Crippen LogP contribution in [0.3, 0.4) is 0 Å². The van der Waals surface area contributed by atoms with Crippen LogP contribution in [0.1, 0.15) is 45.0 Å². The fourth-order valence-corrected chi connectivity index (χ4v) is 3.70. The molecule has 1 amide bonds. The highest BCUT2D eigenvalue weighted by atomic mass is 35.5. The zero-order valence-electron chi connectivity index (χ0n) is 18.3. The van der Waals surface area contributed by atoms with E-state index in [4.69, 9.17) is 16.3 Å². The van der Waals surface area contributed by atoms with Gasteiger partial charge in [0.1, 0.15) is 5.82 Å². The lowest BCUT2D eigenvalue weighted by atomic mass is 10.0. The lowest BCUT2D eigenvalue weighted by Gasteiger charge is -2.37. The Kier molecular flexibility index (Phi) is 5.60. The molecule has 0 saturated heterocycles. The smallest absolute Gasteiger partial charge is 0.434 e. The summed E-state index contributed by atoms with van der Waals surface area (Å²) in [5, 5.41) is -0.0220. The highest BCUT2D eigenvalue weighted by Gasteiger charge is 2.42. The van der Waals surface area contributed by atoms with Gasteiger partial charge in [0.15, 0.2) is 22.9 Å². The molecule has 1 aromatic carbocycles. The van der Waals surface area contributed by atoms with Gasteiger partial charge in [-0.1, -0.05) is 24.3 Å². The highest BCUT2D eigenvalue weighted by Crippen LogP contribution is 2.37. The average molecular weight is 480 g/mol. The molecule has 0 fully saturated rings. The van der Waals surface area contributed by atoms with Crippen LogP contribution in [0.25, 0.3) is 11.4 Å². The number of imidazole rings is 1. The van der Waals surface area contributed by atoms with Crippen LogP contribution in [0.2, 0.25) is 5.28 Å². The Morgan fingerprint density at radius 1 is 1.15 bits per heavy atom. The summed E-state index contributed by atoms with van der Waals surface area (Å²) in [6.07, 6.45) is -2.10. The number of anilines is 1. The zero-order valence-corrected chi connectivity index (χ0v) is 19.1. The average Bonchev–Trinajstić information content (AvgIpc) is 3.19. The number of fused-ring (bicyclic) bond motifs is 1. The number of halogens is 4. The summed E-state index contributed by atoms with van der Waals surface area (Å²) >= 11 is 5.92. The summed E-state index contributed by atoms with van der Waals surface area (Å²) in [7, 11) is 0. The molecule has 0 saturated carbocycles. The molecule has 11 heteroatoms. The molecule has 3 aromatic rings. The van der Waals surface area contributed by atoms with Gasteiger partial charge in [-0.3, -0.25) is 9.69 Å². The molecule has 7 nitrogen and oxygen atoms in total. The predicted molar refractivity (Wildman–Crippen MR) is 116 cm³/mol. The first-order valence-corrected chi connectivity index (χ1v) is 10.5. The van der Waals surface area contributed by atoms with E-state index in [1.54, 1.807) is 52.0 Å². The van der Waals surface area contributed by atoms with Gasteiger partial charge < -0.3 is 9.30 Å². The van der Waals surface area contributed by atoms with E-state index in [1.807, 2.05) is 0 Å². The van der Waals surface area contributed by atoms with Gasteiger partial charge >= 0.3 is 6.18 Å². The normalized spacial score (nSPS) is 15.5. The number of nitrogens with zero attached hydrogens (tertiary/aromatic N) is 5. The predicted octanol–water partition coefficient (Wildman–Crippen LogP) is 5.30. The van der Waals surface area contributed by atoms with Crippen LogP contribution in [-0.2, 0) is 17.5 Å². The topological polar surface area (TPSA) is 73.1 Å². The number of carbonyl (C=O) groups is 1. The van der Waals surface area contributed by atoms with Crippen molar-refractivity contribution in [3.8, 4) is 17.1 Å². The van der Waals surface area contributed by atoms with Crippen LogP contribution >= 0.6 is 11.6 Å². The van der Waals surface area contributed by atoms with E-state index in [0.717, 1.165) is 11.8 Å². The molecular formula is C22H21ClF3N5O2. The van der Waals surface area contributed by atoms with Crippen molar-refractivity contribution in [2.45, 2.75) is 52.1 Å². The van der Waals surface area contributed by atoms with Crippen molar-refractivity contribution in [1.29, 1.82) is 0 Å². The van der Waals surface area contributed by atoms with Crippen LogP contribution in [0.4, 0.5) is 19.0 Å². The van der Waals surface area contributed by atoms with Crippen LogP contribution in [0.15, 0.2) is 36.7 Å². The number of benzene rings is 1. The van der Waals surface area contributed by atoms with E-state index in [0.29, 0.717) is 11.3 Å². The first-order valence-electron chi connectivity index (χ1n) is 10.2. The quantitative estimate of drug-likeness (QED) is 0.475. The van der Waals surface area contributed by atoms with E-state index in [9.17, 15) is 18.0 Å². The number of ether oxygens (including phenoxy) is 1. The van der Waals surface area contributed by atoms with E-state index in [2.05, 4.69) is 15.0 Å². The van der Waals surface area contributed by atoms with Crippen molar-refractivity contribution < 1.29 is 22.7 Å². The van der Waals surface area contributed by atoms with E-state index < -0.39 is 17.5 Å². The van der Waals surface area contributed by atoms with Gasteiger partial charge in [-0.2, -0.15) is 18.2 Å². The summed E-state index contributed by atoms with van der Waals surface area (Å²) in [6.45, 7) is 7.03. The van der Waals surface area contributed by atoms with Crippen LogP contribution in [0, 0.1) is 0 Å². The van der Waals surface area contributed by atoms with Gasteiger partial charge in [-0.25, -0.2) is 9.97 Å². The maximum atomic E-state index is 13.2. The Morgan fingerprint density at radius 2 is 1.82 bits per heavy atom. The molecule has 33 heavy (non-hydrogen) atoms. The van der Waals surface area contributed by atoms with Crippen molar-refractivity contribution in [1.82, 2.24) is 19.5 Å². The third-order valence-corrected chi connectivity index (χ3v) is 5.40. The standard InChI is InChI=1S/C22H21ClF3N5O2/c1-12(2)30-11-16(22(24,25)26)28-17(30)14-7-5-13(6-8-14)10-31-18-15(9-27-20(23)29-18)33-21(3,4)19(31)32/h5-9,11-12H,10H2,1-4H3. The number of amides is 1. The number of hydrogen-bond donors (Lipinski definition) is 0. The second-order valence-electron chi connectivity index (χ2n) is 8.48. The van der Waals surface area contributed by atoms with E-state index in [-0.39, 0.29) is 35.4 Å². The minimum Gasteiger partial charge on any atom is -0.472 e. The molecule has 4 rings (SSSR count). The fourth-order valence-electron chi connectivity index (χ4n) is 3.57. The Balaban J connectivity index is 1.66. The maximum Gasteiger partial charge on any atom is 0.434 e. The molecule has 0 atom stereocenters. The summed E-state index contributed by atoms with van der Waals surface area (Å²) in [6, 6.07) is 6.62. The molecule has 1 aliphatic rings. The molecule has 0 bridgehead atoms. The molecule has 3 heterocycles. The monoisotopic (exact) mass is 479 g/mol. The largest absolute Gasteiger partial charge is 0.472 e. The van der Waals surface area contributed by atoms with Crippen molar-refractivity contribution in [3.63, 3.8) is 0 Å². The third-order valence-electron chi connectivity index (χ3n) is 5.22. The lowest BCUT2D eigenvalue weighted by Crippen LogP contribution is -2.52. The van der Waals surface area contributed by atoms with Crippen molar-refractivity contribution in [3.05, 3.63) is 53.2 Å². The summed E-state index contributed by atoms with van der Waals surface area (Å²) in [4.78, 5) is 26.3. The van der Waals surface area contributed by atoms with Gasteiger partial charge in [0.2, 0.25) is 5.28 Å². The molecule has 174 valence electrons. The number of carbonyl (C=O) groups excluding carboxylic acids is 1. The summed E-state index contributed by atoms with van der Waals surface area (Å²) in [5.41, 5.74) is -0.795. The van der Waals surface area contributed by atoms with Gasteiger partial charge in [0, 0.05) is 17.8 Å². The minimum atomic E-state index is -4.53. The molecule has 0 spiro atoms. The second-order valence-corrected chi connectivity index (χ2v) is 8.81. The molecule has 0 radical (unpaired) electrons. The molecular weight excluding hydrogens is 459 g/mol. The number of aromatic nitrogens is 4. The maximum absolute atomic E-state index is 13.2. The fraction of sp³-hybridized carbons (Fsp3) is 0.364. The van der Waals surface area contributed by atoms with Gasteiger partial charge in [-0.15, -0.1) is 0 Å². The molecule has 1 aliphatic heterocycles. The highest BCUT2D eigenvalue weighted by molar-refractivity contribution is 6.28. The lowest BCUT2D eigenvalue weighted by molar-refractivity contribution is -0.141. The first kappa shape index (κ1) is 23.0. The van der Waals surface area contributed by atoms with Crippen LogP contribution in [-0.4, -0.2) is 31.0 Å². The van der Waals surface area contributed by atoms with Crippen molar-refractivity contribution in [2.75, 3.05) is 4.90 Å². The Labute approximate surface area is 193 Å². The third kappa shape index (κ3) is 4.39. The Hall–Kier alpha value is -3.14. The minimum absolute atomic E-state index is 0.0220. The van der Waals surface area contributed by atoms with Crippen LogP contribution in [0.5, 0.6) is 5.75 Å². The van der Waals surface area contributed by atoms with E-state index in [1.165, 1.54) is 15.7 Å². The summed E-state index contributed by atoms with van der Waals surface area (Å²) in [5.74, 6) is 0.504. The Bertz CT molecular complexity index is 1210. The molecule has 0 unspecified atom stereocenters. The van der Waals surface area contributed by atoms with Crippen LogP contribution < -0.4 is 9.64 Å². The van der Waals surface area contributed by atoms with Gasteiger partial charge in [0.25, 0.3) is 5.91 Å². The Morgan fingerprint density at radius 3 is 2.42 bits per heavy atom. The number of alkyl halides is 3. The van der Waals surface area contributed by atoms with Gasteiger partial charge in [0.05, 0.1) is 12.7 Å². The van der Waals surface area contributed by atoms with Crippen molar-refractivity contribution in [2.24, 2.45) is 0 Å². The molecule has 2 aromatic heterocycles. The van der Waals surface area contributed by atoms with E-state index >= 15 is 0 Å². The number of hydrogen-bond acceptors (Lipinski definition) is 5. The summed E-state index contributed by atoms with van der Waals surface area (Å²) < 4.78 is 46.8. The number of rotatable bonds is 4. The molecule has 0 N–H and O–H groups in total. The van der Waals surface area contributed by atoms with Crippen molar-refractivity contribution >= 4 is 23.3 Å². The second kappa shape index (κ2) is 8.02. The first-order chi connectivity index (χ1) is 15.4. The molecule has 0 aliphatic carbocycles.